The van der Waals surface area contributed by atoms with Crippen LogP contribution in [0.3, 0.4) is 0 Å². The molecule has 1 fully saturated rings. The summed E-state index contributed by atoms with van der Waals surface area (Å²) in [6.07, 6.45) is 2.50. The third kappa shape index (κ3) is 6.08. The zero-order chi connectivity index (χ0) is 25.2. The highest BCUT2D eigenvalue weighted by Gasteiger charge is 2.32. The number of ether oxygens (including phenoxy) is 1. The molecule has 7 nitrogen and oxygen atoms in total. The lowest BCUT2D eigenvalue weighted by Crippen LogP contribution is -2.41. The van der Waals surface area contributed by atoms with Gasteiger partial charge in [-0.05, 0) is 82.1 Å². The number of nitrogens with zero attached hydrogens (tertiary/aromatic N) is 3. The molecule has 0 bridgehead atoms. The van der Waals surface area contributed by atoms with Gasteiger partial charge in [-0.1, -0.05) is 15.9 Å². The van der Waals surface area contributed by atoms with Crippen molar-refractivity contribution in [3.8, 4) is 5.69 Å². The highest BCUT2D eigenvalue weighted by atomic mass is 79.9. The highest BCUT2D eigenvalue weighted by Crippen LogP contribution is 2.33. The van der Waals surface area contributed by atoms with Gasteiger partial charge in [-0.3, -0.25) is 4.79 Å². The first-order valence-electron chi connectivity index (χ1n) is 11.5. The van der Waals surface area contributed by atoms with E-state index in [0.717, 1.165) is 10.2 Å². The quantitative estimate of drug-likeness (QED) is 0.429. The van der Waals surface area contributed by atoms with Crippen molar-refractivity contribution in [2.24, 2.45) is 0 Å². The Kier molecular flexibility index (Phi) is 7.25. The number of aromatic nitrogens is 2. The van der Waals surface area contributed by atoms with Crippen molar-refractivity contribution in [3.05, 3.63) is 76.3 Å². The summed E-state index contributed by atoms with van der Waals surface area (Å²) in [4.78, 5) is 27.5. The minimum absolute atomic E-state index is 0.0214. The normalized spacial score (nSPS) is 14.6. The topological polar surface area (TPSA) is 76.5 Å². The average Bonchev–Trinajstić information content (AvgIpc) is 3.25. The summed E-state index contributed by atoms with van der Waals surface area (Å²) in [5, 5.41) is 7.43. The number of likely N-dealkylation sites (tertiary alicyclic amines) is 1. The van der Waals surface area contributed by atoms with Crippen LogP contribution < -0.4 is 5.32 Å². The van der Waals surface area contributed by atoms with E-state index in [-0.39, 0.29) is 23.7 Å². The molecule has 9 heteroatoms. The Morgan fingerprint density at radius 2 is 1.69 bits per heavy atom. The summed E-state index contributed by atoms with van der Waals surface area (Å²) in [5.41, 5.74) is 1.97. The zero-order valence-electron chi connectivity index (χ0n) is 19.9. The molecule has 1 N–H and O–H groups in total. The van der Waals surface area contributed by atoms with Crippen molar-refractivity contribution >= 4 is 33.6 Å². The molecule has 1 aromatic heterocycles. The van der Waals surface area contributed by atoms with Crippen LogP contribution in [0.1, 0.15) is 55.6 Å². The smallest absolute Gasteiger partial charge is 0.410 e. The van der Waals surface area contributed by atoms with E-state index in [2.05, 4.69) is 26.3 Å². The van der Waals surface area contributed by atoms with E-state index in [9.17, 15) is 14.0 Å². The van der Waals surface area contributed by atoms with Gasteiger partial charge >= 0.3 is 6.09 Å². The maximum absolute atomic E-state index is 13.6. The van der Waals surface area contributed by atoms with Crippen LogP contribution in [0.5, 0.6) is 0 Å². The van der Waals surface area contributed by atoms with Crippen molar-refractivity contribution in [1.29, 1.82) is 0 Å². The molecule has 2 heterocycles. The molecule has 0 radical (unpaired) electrons. The summed E-state index contributed by atoms with van der Waals surface area (Å²) >= 11 is 3.40. The number of piperidine rings is 1. The van der Waals surface area contributed by atoms with E-state index >= 15 is 0 Å². The van der Waals surface area contributed by atoms with E-state index in [1.54, 1.807) is 27.9 Å². The van der Waals surface area contributed by atoms with Crippen LogP contribution in [0.25, 0.3) is 5.69 Å². The second kappa shape index (κ2) is 10.2. The van der Waals surface area contributed by atoms with E-state index < -0.39 is 5.60 Å². The molecule has 184 valence electrons. The fourth-order valence-electron chi connectivity index (χ4n) is 4.11. The minimum Gasteiger partial charge on any atom is -0.444 e. The van der Waals surface area contributed by atoms with Crippen LogP contribution in [0, 0.1) is 5.82 Å². The van der Waals surface area contributed by atoms with Crippen LogP contribution in [-0.4, -0.2) is 45.4 Å². The number of rotatable bonds is 4. The highest BCUT2D eigenvalue weighted by molar-refractivity contribution is 9.10. The zero-order valence-corrected chi connectivity index (χ0v) is 21.5. The number of hydrogen-bond acceptors (Lipinski definition) is 4. The first-order valence-corrected chi connectivity index (χ1v) is 12.3. The molecule has 2 aromatic carbocycles. The Morgan fingerprint density at radius 3 is 2.29 bits per heavy atom. The number of amides is 2. The third-order valence-electron chi connectivity index (χ3n) is 5.76. The van der Waals surface area contributed by atoms with E-state index in [1.807, 2.05) is 45.0 Å². The van der Waals surface area contributed by atoms with Crippen LogP contribution in [-0.2, 0) is 4.74 Å². The number of carbonyl (C=O) groups excluding carboxylic acids is 2. The van der Waals surface area contributed by atoms with E-state index in [0.29, 0.717) is 42.9 Å². The van der Waals surface area contributed by atoms with E-state index in [1.165, 1.54) is 12.1 Å². The predicted molar refractivity (Wildman–Crippen MR) is 135 cm³/mol. The van der Waals surface area contributed by atoms with Gasteiger partial charge in [0.25, 0.3) is 5.91 Å². The standard InChI is InChI=1S/C26H28BrFN4O3/c1-26(2,3)35-25(34)31-14-12-17(13-15-31)23-22(24(33)30-20-8-4-18(27)5-9-20)16-29-32(23)21-10-6-19(28)7-11-21/h4-11,16-17H,12-15H2,1-3H3,(H,30,33). The first kappa shape index (κ1) is 24.9. The summed E-state index contributed by atoms with van der Waals surface area (Å²) in [6, 6.07) is 13.3. The van der Waals surface area contributed by atoms with Gasteiger partial charge in [-0.2, -0.15) is 5.10 Å². The third-order valence-corrected chi connectivity index (χ3v) is 6.29. The molecule has 0 saturated carbocycles. The van der Waals surface area contributed by atoms with Crippen molar-refractivity contribution in [3.63, 3.8) is 0 Å². The van der Waals surface area contributed by atoms with Crippen molar-refractivity contribution in [2.45, 2.75) is 45.1 Å². The van der Waals surface area contributed by atoms with Crippen LogP contribution in [0.15, 0.2) is 59.2 Å². The average molecular weight is 543 g/mol. The summed E-state index contributed by atoms with van der Waals surface area (Å²) in [6.45, 7) is 6.53. The van der Waals surface area contributed by atoms with Crippen LogP contribution in [0.4, 0.5) is 14.9 Å². The molecule has 0 atom stereocenters. The Labute approximate surface area is 212 Å². The van der Waals surface area contributed by atoms with Crippen molar-refractivity contribution in [1.82, 2.24) is 14.7 Å². The molecule has 1 aliphatic heterocycles. The first-order chi connectivity index (χ1) is 16.6. The van der Waals surface area contributed by atoms with Gasteiger partial charge in [0.05, 0.1) is 23.1 Å². The van der Waals surface area contributed by atoms with Gasteiger partial charge in [-0.15, -0.1) is 0 Å². The monoisotopic (exact) mass is 542 g/mol. The molecule has 3 aromatic rings. The number of benzene rings is 2. The number of nitrogens with one attached hydrogen (secondary N) is 1. The van der Waals surface area contributed by atoms with Gasteiger partial charge in [-0.25, -0.2) is 13.9 Å². The lowest BCUT2D eigenvalue weighted by Gasteiger charge is -2.34. The maximum atomic E-state index is 13.6. The lowest BCUT2D eigenvalue weighted by molar-refractivity contribution is 0.0203. The summed E-state index contributed by atoms with van der Waals surface area (Å²) < 4.78 is 21.7. The van der Waals surface area contributed by atoms with E-state index in [4.69, 9.17) is 4.74 Å². The Balaban J connectivity index is 1.60. The molecular formula is C26H28BrFN4O3. The molecule has 0 spiro atoms. The molecule has 4 rings (SSSR count). The fraction of sp³-hybridized carbons (Fsp3) is 0.346. The lowest BCUT2D eigenvalue weighted by atomic mass is 9.90. The van der Waals surface area contributed by atoms with Gasteiger partial charge in [0.1, 0.15) is 11.4 Å². The Hall–Kier alpha value is -3.20. The van der Waals surface area contributed by atoms with Crippen LogP contribution in [0.2, 0.25) is 0 Å². The van der Waals surface area contributed by atoms with Crippen molar-refractivity contribution < 1.29 is 18.7 Å². The number of halogens is 2. The van der Waals surface area contributed by atoms with Gasteiger partial charge in [0, 0.05) is 29.2 Å². The molecule has 2 amide bonds. The number of carbonyl (C=O) groups is 2. The molecule has 0 aliphatic carbocycles. The molecule has 0 unspecified atom stereocenters. The van der Waals surface area contributed by atoms with Gasteiger partial charge in [0.15, 0.2) is 0 Å². The van der Waals surface area contributed by atoms with Crippen LogP contribution >= 0.6 is 15.9 Å². The molecular weight excluding hydrogens is 515 g/mol. The summed E-state index contributed by atoms with van der Waals surface area (Å²) in [7, 11) is 0. The maximum Gasteiger partial charge on any atom is 0.410 e. The largest absolute Gasteiger partial charge is 0.444 e. The minimum atomic E-state index is -0.562. The fourth-order valence-corrected chi connectivity index (χ4v) is 4.37. The molecule has 35 heavy (non-hydrogen) atoms. The molecule has 1 saturated heterocycles. The Morgan fingerprint density at radius 1 is 1.06 bits per heavy atom. The van der Waals surface area contributed by atoms with Gasteiger partial charge < -0.3 is 15.0 Å². The second-order valence-electron chi connectivity index (χ2n) is 9.53. The number of hydrogen-bond donors (Lipinski definition) is 1. The Bertz CT molecular complexity index is 1190. The molecule has 1 aliphatic rings. The van der Waals surface area contributed by atoms with Gasteiger partial charge in [0.2, 0.25) is 0 Å². The second-order valence-corrected chi connectivity index (χ2v) is 10.5. The van der Waals surface area contributed by atoms with Crippen molar-refractivity contribution in [2.75, 3.05) is 18.4 Å². The number of anilines is 1. The predicted octanol–water partition coefficient (Wildman–Crippen LogP) is 6.14. The summed E-state index contributed by atoms with van der Waals surface area (Å²) in [5.74, 6) is -0.640. The SMILES string of the molecule is CC(C)(C)OC(=O)N1CCC(c2c(C(=O)Nc3ccc(Br)cc3)cnn2-c2ccc(F)cc2)CC1.